The van der Waals surface area contributed by atoms with E-state index in [4.69, 9.17) is 5.73 Å². The average Bonchev–Trinajstić information content (AvgIpc) is 2.34. The summed E-state index contributed by atoms with van der Waals surface area (Å²) in [5, 5.41) is 4.09. The molecule has 0 saturated heterocycles. The number of nitrogens with zero attached hydrogens (tertiary/aromatic N) is 3. The molecule has 1 aromatic rings. The third-order valence-electron chi connectivity index (χ3n) is 3.05. The lowest BCUT2D eigenvalue weighted by molar-refractivity contribution is -0.145. The molecule has 0 radical (unpaired) electrons. The number of aromatic nitrogens is 2. The molecule has 1 aliphatic rings. The normalized spacial score (nSPS) is 17.9. The first kappa shape index (κ1) is 12.2. The molecule has 0 atom stereocenters. The molecule has 0 spiro atoms. The lowest BCUT2D eigenvalue weighted by Gasteiger charge is -2.21. The van der Waals surface area contributed by atoms with E-state index in [1.165, 1.54) is 4.90 Å². The molecule has 0 saturated carbocycles. The average molecular weight is 248 g/mol. The van der Waals surface area contributed by atoms with Gasteiger partial charge in [0.1, 0.15) is 5.82 Å². The van der Waals surface area contributed by atoms with Gasteiger partial charge in [0.25, 0.3) is 0 Å². The molecule has 2 heterocycles. The first-order valence-electron chi connectivity index (χ1n) is 5.46. The van der Waals surface area contributed by atoms with E-state index in [0.29, 0.717) is 31.7 Å². The third kappa shape index (κ3) is 2.71. The largest absolute Gasteiger partial charge is 0.401 e. The summed E-state index contributed by atoms with van der Waals surface area (Å²) in [4.78, 5) is 1.42. The van der Waals surface area contributed by atoms with Crippen LogP contribution in [0, 0.1) is 0 Å². The van der Waals surface area contributed by atoms with Crippen LogP contribution < -0.4 is 5.73 Å². The van der Waals surface area contributed by atoms with Gasteiger partial charge in [0.05, 0.1) is 6.54 Å². The summed E-state index contributed by atoms with van der Waals surface area (Å²) in [6.45, 7) is -0.0811. The maximum Gasteiger partial charge on any atom is 0.401 e. The molecule has 0 bridgehead atoms. The van der Waals surface area contributed by atoms with E-state index in [1.807, 2.05) is 0 Å². The molecular weight excluding hydrogens is 233 g/mol. The van der Waals surface area contributed by atoms with Gasteiger partial charge >= 0.3 is 6.18 Å². The third-order valence-corrected chi connectivity index (χ3v) is 3.05. The summed E-state index contributed by atoms with van der Waals surface area (Å²) in [5.41, 5.74) is 7.58. The van der Waals surface area contributed by atoms with Crippen molar-refractivity contribution < 1.29 is 13.2 Å². The first-order valence-corrected chi connectivity index (χ1v) is 5.46. The number of hydrogen-bond acceptors (Lipinski definition) is 3. The van der Waals surface area contributed by atoms with Crippen LogP contribution in [-0.2, 0) is 19.9 Å². The van der Waals surface area contributed by atoms with Crippen molar-refractivity contribution in [3.05, 3.63) is 11.3 Å². The summed E-state index contributed by atoms with van der Waals surface area (Å²) >= 11 is 0. The number of rotatable bonds is 1. The van der Waals surface area contributed by atoms with Crippen LogP contribution in [0.15, 0.2) is 0 Å². The molecule has 96 valence electrons. The monoisotopic (exact) mass is 248 g/mol. The van der Waals surface area contributed by atoms with Gasteiger partial charge in [-0.1, -0.05) is 0 Å². The molecule has 7 heteroatoms. The van der Waals surface area contributed by atoms with Crippen LogP contribution in [0.5, 0.6) is 0 Å². The number of nitrogens with two attached hydrogens (primary N) is 1. The molecule has 17 heavy (non-hydrogen) atoms. The Bertz CT molecular complexity index is 382. The van der Waals surface area contributed by atoms with Gasteiger partial charge < -0.3 is 5.73 Å². The van der Waals surface area contributed by atoms with Crippen LogP contribution in [0.2, 0.25) is 0 Å². The Morgan fingerprint density at radius 1 is 1.29 bits per heavy atom. The van der Waals surface area contributed by atoms with Crippen molar-refractivity contribution in [3.63, 3.8) is 0 Å². The van der Waals surface area contributed by atoms with Crippen molar-refractivity contribution in [2.24, 2.45) is 7.05 Å². The number of anilines is 1. The molecule has 0 fully saturated rings. The number of hydrogen-bond donors (Lipinski definition) is 1. The highest BCUT2D eigenvalue weighted by atomic mass is 19.4. The minimum Gasteiger partial charge on any atom is -0.382 e. The van der Waals surface area contributed by atoms with Crippen LogP contribution in [0.4, 0.5) is 19.0 Å². The smallest absolute Gasteiger partial charge is 0.382 e. The van der Waals surface area contributed by atoms with E-state index in [9.17, 15) is 13.2 Å². The van der Waals surface area contributed by atoms with E-state index in [2.05, 4.69) is 5.10 Å². The van der Waals surface area contributed by atoms with E-state index in [0.717, 1.165) is 11.3 Å². The zero-order chi connectivity index (χ0) is 12.6. The summed E-state index contributed by atoms with van der Waals surface area (Å²) in [6, 6.07) is 0. The SMILES string of the molecule is Cn1nc(N)c2c1CCN(CC(F)(F)F)CC2. The molecule has 0 aliphatic carbocycles. The Balaban J connectivity index is 2.09. The fraction of sp³-hybridized carbons (Fsp3) is 0.700. The maximum atomic E-state index is 12.3. The van der Waals surface area contributed by atoms with Gasteiger partial charge in [-0.15, -0.1) is 0 Å². The van der Waals surface area contributed by atoms with Gasteiger partial charge in [0.2, 0.25) is 0 Å². The number of halogens is 3. The predicted octanol–water partition coefficient (Wildman–Crippen LogP) is 0.965. The van der Waals surface area contributed by atoms with Gasteiger partial charge in [0.15, 0.2) is 0 Å². The number of alkyl halides is 3. The second-order valence-corrected chi connectivity index (χ2v) is 4.33. The first-order chi connectivity index (χ1) is 7.87. The van der Waals surface area contributed by atoms with Crippen molar-refractivity contribution in [2.75, 3.05) is 25.4 Å². The standard InChI is InChI=1S/C10H15F3N4/c1-16-8-3-5-17(6-10(11,12)13)4-2-7(8)9(14)15-16/h2-6H2,1H3,(H2,14,15). The summed E-state index contributed by atoms with van der Waals surface area (Å²) < 4.78 is 38.6. The number of nitrogen functional groups attached to an aromatic ring is 1. The van der Waals surface area contributed by atoms with E-state index in [-0.39, 0.29) is 0 Å². The fourth-order valence-electron chi connectivity index (χ4n) is 2.27. The van der Waals surface area contributed by atoms with Crippen molar-refractivity contribution >= 4 is 5.82 Å². The summed E-state index contributed by atoms with van der Waals surface area (Å²) in [6.07, 6.45) is -3.04. The predicted molar refractivity (Wildman–Crippen MR) is 57.5 cm³/mol. The van der Waals surface area contributed by atoms with Crippen molar-refractivity contribution in [1.29, 1.82) is 0 Å². The lowest BCUT2D eigenvalue weighted by atomic mass is 10.1. The van der Waals surface area contributed by atoms with Crippen molar-refractivity contribution in [1.82, 2.24) is 14.7 Å². The highest BCUT2D eigenvalue weighted by molar-refractivity contribution is 5.43. The molecular formula is C10H15F3N4. The Labute approximate surface area is 97.2 Å². The van der Waals surface area contributed by atoms with E-state index in [1.54, 1.807) is 11.7 Å². The summed E-state index contributed by atoms with van der Waals surface area (Å²) in [5.74, 6) is 0.441. The zero-order valence-corrected chi connectivity index (χ0v) is 9.59. The molecule has 0 aromatic carbocycles. The summed E-state index contributed by atoms with van der Waals surface area (Å²) in [7, 11) is 1.77. The molecule has 0 amide bonds. The lowest BCUT2D eigenvalue weighted by Crippen LogP contribution is -2.36. The Morgan fingerprint density at radius 2 is 1.94 bits per heavy atom. The molecule has 1 aliphatic heterocycles. The van der Waals surface area contributed by atoms with Gasteiger partial charge in [-0.3, -0.25) is 9.58 Å². The molecule has 2 N–H and O–H groups in total. The molecule has 2 rings (SSSR count). The van der Waals surface area contributed by atoms with Crippen LogP contribution >= 0.6 is 0 Å². The molecule has 1 aromatic heterocycles. The van der Waals surface area contributed by atoms with Gasteiger partial charge in [-0.25, -0.2) is 0 Å². The van der Waals surface area contributed by atoms with Crippen LogP contribution in [-0.4, -0.2) is 40.5 Å². The van der Waals surface area contributed by atoms with E-state index < -0.39 is 12.7 Å². The van der Waals surface area contributed by atoms with Crippen molar-refractivity contribution in [2.45, 2.75) is 19.0 Å². The Hall–Kier alpha value is -1.24. The number of fused-ring (bicyclic) bond motifs is 1. The highest BCUT2D eigenvalue weighted by Gasteiger charge is 2.32. The Morgan fingerprint density at radius 3 is 2.59 bits per heavy atom. The van der Waals surface area contributed by atoms with E-state index >= 15 is 0 Å². The quantitative estimate of drug-likeness (QED) is 0.805. The van der Waals surface area contributed by atoms with Gasteiger partial charge in [-0.2, -0.15) is 18.3 Å². The van der Waals surface area contributed by atoms with Gasteiger partial charge in [0, 0.05) is 37.8 Å². The second-order valence-electron chi connectivity index (χ2n) is 4.33. The maximum absolute atomic E-state index is 12.3. The molecule has 0 unspecified atom stereocenters. The fourth-order valence-corrected chi connectivity index (χ4v) is 2.27. The van der Waals surface area contributed by atoms with Gasteiger partial charge in [-0.05, 0) is 6.42 Å². The van der Waals surface area contributed by atoms with Crippen LogP contribution in [0.25, 0.3) is 0 Å². The molecule has 4 nitrogen and oxygen atoms in total. The topological polar surface area (TPSA) is 47.1 Å². The van der Waals surface area contributed by atoms with Crippen molar-refractivity contribution in [3.8, 4) is 0 Å². The zero-order valence-electron chi connectivity index (χ0n) is 9.59. The Kier molecular flexibility index (Phi) is 3.03. The van der Waals surface area contributed by atoms with Crippen LogP contribution in [0.1, 0.15) is 11.3 Å². The minimum atomic E-state index is -4.14. The van der Waals surface area contributed by atoms with Crippen LogP contribution in [0.3, 0.4) is 0 Å². The number of aryl methyl sites for hydroxylation is 1. The second kappa shape index (κ2) is 4.21. The highest BCUT2D eigenvalue weighted by Crippen LogP contribution is 2.23. The minimum absolute atomic E-state index is 0.377.